The van der Waals surface area contributed by atoms with Gasteiger partial charge in [0.1, 0.15) is 0 Å². The summed E-state index contributed by atoms with van der Waals surface area (Å²) in [7, 11) is 0. The van der Waals surface area contributed by atoms with E-state index in [9.17, 15) is 4.79 Å². The number of carbonyl (C=O) groups is 1. The largest absolute Gasteiger partial charge is 0.338 e. The Balaban J connectivity index is 1.94. The van der Waals surface area contributed by atoms with E-state index in [0.717, 1.165) is 48.4 Å². The summed E-state index contributed by atoms with van der Waals surface area (Å²) >= 11 is 0. The van der Waals surface area contributed by atoms with Crippen molar-refractivity contribution in [3.63, 3.8) is 0 Å². The zero-order valence-corrected chi connectivity index (χ0v) is 11.5. The molecule has 0 bridgehead atoms. The molecule has 0 fully saturated rings. The molecule has 1 aliphatic rings. The van der Waals surface area contributed by atoms with Crippen LogP contribution in [0.3, 0.4) is 0 Å². The molecule has 2 aromatic rings. The summed E-state index contributed by atoms with van der Waals surface area (Å²) in [5.41, 5.74) is 3.60. The lowest BCUT2D eigenvalue weighted by Gasteiger charge is -2.27. The van der Waals surface area contributed by atoms with Crippen LogP contribution in [-0.4, -0.2) is 33.9 Å². The van der Waals surface area contributed by atoms with Crippen LogP contribution in [0.25, 0.3) is 11.3 Å². The molecule has 102 valence electrons. The quantitative estimate of drug-likeness (QED) is 0.858. The minimum atomic E-state index is 0.113. The molecule has 2 aromatic heterocycles. The molecule has 0 aliphatic carbocycles. The summed E-state index contributed by atoms with van der Waals surface area (Å²) < 4.78 is 0. The zero-order valence-electron chi connectivity index (χ0n) is 11.5. The van der Waals surface area contributed by atoms with Gasteiger partial charge < -0.3 is 4.90 Å². The van der Waals surface area contributed by atoms with E-state index in [2.05, 4.69) is 16.9 Å². The van der Waals surface area contributed by atoms with Crippen LogP contribution in [0.2, 0.25) is 0 Å². The lowest BCUT2D eigenvalue weighted by Crippen LogP contribution is -2.38. The van der Waals surface area contributed by atoms with Gasteiger partial charge in [0.15, 0.2) is 0 Å². The molecule has 0 N–H and O–H groups in total. The molecular weight excluding hydrogens is 250 g/mol. The molecule has 20 heavy (non-hydrogen) atoms. The average molecular weight is 267 g/mol. The molecule has 0 aromatic carbocycles. The van der Waals surface area contributed by atoms with Gasteiger partial charge in [-0.3, -0.25) is 14.8 Å². The van der Waals surface area contributed by atoms with Crippen molar-refractivity contribution in [2.24, 2.45) is 0 Å². The molecule has 0 saturated heterocycles. The Morgan fingerprint density at radius 2 is 2.00 bits per heavy atom. The summed E-state index contributed by atoms with van der Waals surface area (Å²) in [6, 6.07) is 7.69. The maximum atomic E-state index is 12.3. The number of aromatic nitrogens is 2. The number of hydrogen-bond acceptors (Lipinski definition) is 3. The van der Waals surface area contributed by atoms with Gasteiger partial charge in [0.25, 0.3) is 5.91 Å². The van der Waals surface area contributed by atoms with Crippen molar-refractivity contribution in [1.82, 2.24) is 14.9 Å². The van der Waals surface area contributed by atoms with Gasteiger partial charge in [-0.2, -0.15) is 0 Å². The molecule has 4 heteroatoms. The highest BCUT2D eigenvalue weighted by molar-refractivity contribution is 5.96. The average Bonchev–Trinajstić information content (AvgIpc) is 2.51. The topological polar surface area (TPSA) is 46.1 Å². The molecular formula is C16H17N3O. The molecule has 1 aliphatic heterocycles. The van der Waals surface area contributed by atoms with E-state index < -0.39 is 0 Å². The number of pyridine rings is 2. The Kier molecular flexibility index (Phi) is 3.46. The Bertz CT molecular complexity index is 625. The van der Waals surface area contributed by atoms with Crippen LogP contribution in [0.1, 0.15) is 29.4 Å². The van der Waals surface area contributed by atoms with Gasteiger partial charge in [0, 0.05) is 37.5 Å². The minimum Gasteiger partial charge on any atom is -0.338 e. The lowest BCUT2D eigenvalue weighted by molar-refractivity contribution is 0.0738. The summed E-state index contributed by atoms with van der Waals surface area (Å²) in [4.78, 5) is 22.9. The second-order valence-electron chi connectivity index (χ2n) is 4.97. The summed E-state index contributed by atoms with van der Waals surface area (Å²) in [5.74, 6) is 0.113. The van der Waals surface area contributed by atoms with E-state index >= 15 is 0 Å². The van der Waals surface area contributed by atoms with E-state index in [-0.39, 0.29) is 5.91 Å². The number of carbonyl (C=O) groups excluding carboxylic acids is 1. The third-order valence-electron chi connectivity index (χ3n) is 3.58. The van der Waals surface area contributed by atoms with Crippen molar-refractivity contribution in [3.8, 4) is 11.3 Å². The lowest BCUT2D eigenvalue weighted by atomic mass is 10.0. The number of rotatable bonds is 3. The van der Waals surface area contributed by atoms with Crippen LogP contribution < -0.4 is 0 Å². The first-order valence-electron chi connectivity index (χ1n) is 6.99. The third kappa shape index (κ3) is 2.29. The highest BCUT2D eigenvalue weighted by Crippen LogP contribution is 2.22. The predicted molar refractivity (Wildman–Crippen MR) is 77.4 cm³/mol. The van der Waals surface area contributed by atoms with Crippen molar-refractivity contribution in [2.45, 2.75) is 19.8 Å². The molecule has 4 nitrogen and oxygen atoms in total. The molecule has 0 atom stereocenters. The fraction of sp³-hybridized carbons (Fsp3) is 0.312. The number of nitrogens with zero attached hydrogens (tertiary/aromatic N) is 3. The third-order valence-corrected chi connectivity index (χ3v) is 3.58. The molecule has 1 amide bonds. The van der Waals surface area contributed by atoms with E-state index in [0.29, 0.717) is 0 Å². The van der Waals surface area contributed by atoms with Crippen LogP contribution in [-0.2, 0) is 6.42 Å². The van der Waals surface area contributed by atoms with Gasteiger partial charge in [0.2, 0.25) is 0 Å². The number of fused-ring (bicyclic) bond motifs is 1. The summed E-state index contributed by atoms with van der Waals surface area (Å²) in [5, 5.41) is 0. The standard InChI is InChI=1S/C16H17N3O/c1-2-10-19-11-7-15-13(16(19)20)3-4-14(18-15)12-5-8-17-9-6-12/h3-6,8-9H,2,7,10-11H2,1H3. The Morgan fingerprint density at radius 3 is 2.75 bits per heavy atom. The van der Waals surface area contributed by atoms with Crippen molar-refractivity contribution in [2.75, 3.05) is 13.1 Å². The van der Waals surface area contributed by atoms with Crippen molar-refractivity contribution < 1.29 is 4.79 Å². The molecule has 0 unspecified atom stereocenters. The molecule has 3 heterocycles. The monoisotopic (exact) mass is 267 g/mol. The Labute approximate surface area is 118 Å². The molecule has 0 saturated carbocycles. The molecule has 0 radical (unpaired) electrons. The smallest absolute Gasteiger partial charge is 0.255 e. The summed E-state index contributed by atoms with van der Waals surface area (Å²) in [6.07, 6.45) is 5.33. The zero-order chi connectivity index (χ0) is 13.9. The van der Waals surface area contributed by atoms with Crippen molar-refractivity contribution in [3.05, 3.63) is 47.9 Å². The van der Waals surface area contributed by atoms with Gasteiger partial charge in [-0.15, -0.1) is 0 Å². The summed E-state index contributed by atoms with van der Waals surface area (Å²) in [6.45, 7) is 3.68. The molecule has 0 spiro atoms. The number of hydrogen-bond donors (Lipinski definition) is 0. The molecule has 3 rings (SSSR count). The second kappa shape index (κ2) is 5.41. The van der Waals surface area contributed by atoms with Gasteiger partial charge in [-0.1, -0.05) is 6.92 Å². The number of amides is 1. The first-order chi connectivity index (χ1) is 9.79. The maximum Gasteiger partial charge on any atom is 0.255 e. The van der Waals surface area contributed by atoms with Crippen LogP contribution >= 0.6 is 0 Å². The van der Waals surface area contributed by atoms with Gasteiger partial charge in [0.05, 0.1) is 17.0 Å². The second-order valence-corrected chi connectivity index (χ2v) is 4.97. The first-order valence-corrected chi connectivity index (χ1v) is 6.99. The first kappa shape index (κ1) is 12.8. The van der Waals surface area contributed by atoms with Crippen LogP contribution in [0.5, 0.6) is 0 Å². The van der Waals surface area contributed by atoms with E-state index in [4.69, 9.17) is 0 Å². The van der Waals surface area contributed by atoms with Crippen LogP contribution in [0.4, 0.5) is 0 Å². The predicted octanol–water partition coefficient (Wildman–Crippen LogP) is 2.55. The van der Waals surface area contributed by atoms with E-state index in [1.165, 1.54) is 0 Å². The fourth-order valence-electron chi connectivity index (χ4n) is 2.57. The van der Waals surface area contributed by atoms with Crippen molar-refractivity contribution in [1.29, 1.82) is 0 Å². The van der Waals surface area contributed by atoms with Gasteiger partial charge in [-0.25, -0.2) is 0 Å². The van der Waals surface area contributed by atoms with E-state index in [1.54, 1.807) is 12.4 Å². The van der Waals surface area contributed by atoms with Gasteiger partial charge in [-0.05, 0) is 30.7 Å². The van der Waals surface area contributed by atoms with Crippen LogP contribution in [0, 0.1) is 0 Å². The van der Waals surface area contributed by atoms with Gasteiger partial charge >= 0.3 is 0 Å². The Hall–Kier alpha value is -2.23. The maximum absolute atomic E-state index is 12.3. The highest BCUT2D eigenvalue weighted by Gasteiger charge is 2.24. The highest BCUT2D eigenvalue weighted by atomic mass is 16.2. The SMILES string of the molecule is CCCN1CCc2nc(-c3ccncc3)ccc2C1=O. The van der Waals surface area contributed by atoms with Crippen molar-refractivity contribution >= 4 is 5.91 Å². The normalized spacial score (nSPS) is 14.2. The Morgan fingerprint density at radius 1 is 1.20 bits per heavy atom. The van der Waals surface area contributed by atoms with E-state index in [1.807, 2.05) is 29.2 Å². The van der Waals surface area contributed by atoms with Crippen LogP contribution in [0.15, 0.2) is 36.7 Å². The fourth-order valence-corrected chi connectivity index (χ4v) is 2.57. The minimum absolute atomic E-state index is 0.113.